The van der Waals surface area contributed by atoms with Crippen LogP contribution in [0.4, 0.5) is 22.0 Å². The third-order valence-electron chi connectivity index (χ3n) is 9.58. The van der Waals surface area contributed by atoms with E-state index in [-0.39, 0.29) is 24.5 Å². The molecule has 3 unspecified atom stereocenters. The largest absolute Gasteiger partial charge is 0.456 e. The van der Waals surface area contributed by atoms with Crippen molar-refractivity contribution in [2.75, 3.05) is 0 Å². The number of rotatable bonds is 3. The smallest absolute Gasteiger partial charge is 0.389 e. The molecule has 4 aliphatic rings. The molecule has 0 heterocycles. The molecule has 2 fully saturated rings. The Balaban J connectivity index is 1.68. The normalized spacial score (nSPS) is 35.6. The quantitative estimate of drug-likeness (QED) is 0.453. The molecular weight excluding hydrogens is 479 g/mol. The predicted octanol–water partition coefficient (Wildman–Crippen LogP) is 6.57. The highest BCUT2D eigenvalue weighted by Gasteiger charge is 2.79. The Hall–Kier alpha value is -2.06. The number of aliphatic hydroxyl groups excluding tert-OH is 1. The van der Waals surface area contributed by atoms with Gasteiger partial charge >= 0.3 is 12.1 Å². The van der Waals surface area contributed by atoms with Gasteiger partial charge < -0.3 is 10.2 Å². The van der Waals surface area contributed by atoms with Gasteiger partial charge in [0.1, 0.15) is 5.60 Å². The predicted molar refractivity (Wildman–Crippen MR) is 123 cm³/mol. The van der Waals surface area contributed by atoms with Gasteiger partial charge in [-0.15, -0.1) is 0 Å². The summed E-state index contributed by atoms with van der Waals surface area (Å²) in [6, 6.07) is 7.07. The molecule has 4 aliphatic carbocycles. The SMILES string of the molecule is CC(O)c1ccc(C2C[C@@]3(C)[C@@H](CCC3(O)C(F)(F)C(F)(F)F)[C@@H]3CCC4=CC(=O)CCC4=C23)cc1. The van der Waals surface area contributed by atoms with Gasteiger partial charge in [0.05, 0.1) is 6.10 Å². The highest BCUT2D eigenvalue weighted by molar-refractivity contribution is 5.93. The van der Waals surface area contributed by atoms with Gasteiger partial charge in [0, 0.05) is 17.8 Å². The molecule has 0 bridgehead atoms. The summed E-state index contributed by atoms with van der Waals surface area (Å²) in [5.41, 5.74) is -0.436. The number of hydrogen-bond acceptors (Lipinski definition) is 3. The number of alkyl halides is 5. The minimum absolute atomic E-state index is 0.0475. The van der Waals surface area contributed by atoms with Crippen molar-refractivity contribution in [2.24, 2.45) is 17.3 Å². The van der Waals surface area contributed by atoms with E-state index in [4.69, 9.17) is 0 Å². The van der Waals surface area contributed by atoms with E-state index in [9.17, 15) is 37.0 Å². The number of benzene rings is 1. The zero-order valence-electron chi connectivity index (χ0n) is 20.3. The Labute approximate surface area is 207 Å². The molecule has 0 spiro atoms. The van der Waals surface area contributed by atoms with E-state index in [2.05, 4.69) is 0 Å². The first kappa shape index (κ1) is 25.6. The maximum Gasteiger partial charge on any atom is 0.456 e. The third-order valence-corrected chi connectivity index (χ3v) is 9.58. The average molecular weight is 511 g/mol. The zero-order valence-corrected chi connectivity index (χ0v) is 20.3. The molecule has 1 aromatic rings. The lowest BCUT2D eigenvalue weighted by molar-refractivity contribution is -0.362. The molecule has 0 aromatic heterocycles. The van der Waals surface area contributed by atoms with Crippen molar-refractivity contribution in [1.82, 2.24) is 0 Å². The molecule has 3 nitrogen and oxygen atoms in total. The number of ketones is 1. The summed E-state index contributed by atoms with van der Waals surface area (Å²) >= 11 is 0. The number of aliphatic hydroxyl groups is 2. The van der Waals surface area contributed by atoms with Crippen molar-refractivity contribution in [3.8, 4) is 0 Å². The molecule has 8 heteroatoms. The third kappa shape index (κ3) is 3.46. The molecule has 0 amide bonds. The molecule has 0 radical (unpaired) electrons. The second-order valence-corrected chi connectivity index (χ2v) is 11.3. The van der Waals surface area contributed by atoms with Crippen molar-refractivity contribution >= 4 is 5.78 Å². The number of carbonyl (C=O) groups excluding carboxylic acids is 1. The van der Waals surface area contributed by atoms with Crippen LogP contribution in [0.1, 0.15) is 81.9 Å². The van der Waals surface area contributed by atoms with Crippen molar-refractivity contribution in [3.63, 3.8) is 0 Å². The van der Waals surface area contributed by atoms with E-state index in [1.165, 1.54) is 6.92 Å². The Bertz CT molecular complexity index is 1130. The minimum atomic E-state index is -5.86. The van der Waals surface area contributed by atoms with Crippen molar-refractivity contribution < 1.29 is 37.0 Å². The Kier molecular flexibility index (Phi) is 5.84. The fourth-order valence-electron chi connectivity index (χ4n) is 7.72. The molecule has 36 heavy (non-hydrogen) atoms. The van der Waals surface area contributed by atoms with Gasteiger partial charge in [-0.05, 0) is 85.6 Å². The van der Waals surface area contributed by atoms with E-state index in [0.717, 1.165) is 22.3 Å². The molecule has 196 valence electrons. The number of hydrogen-bond donors (Lipinski definition) is 2. The van der Waals surface area contributed by atoms with Gasteiger partial charge in [0.15, 0.2) is 5.78 Å². The highest BCUT2D eigenvalue weighted by Crippen LogP contribution is 2.70. The van der Waals surface area contributed by atoms with Gasteiger partial charge in [-0.3, -0.25) is 4.79 Å². The van der Waals surface area contributed by atoms with Crippen LogP contribution >= 0.6 is 0 Å². The lowest BCUT2D eigenvalue weighted by atomic mass is 9.50. The van der Waals surface area contributed by atoms with Crippen LogP contribution in [0.3, 0.4) is 0 Å². The summed E-state index contributed by atoms with van der Waals surface area (Å²) in [5.74, 6) is -6.44. The monoisotopic (exact) mass is 510 g/mol. The molecular formula is C28H31F5O3. The van der Waals surface area contributed by atoms with Crippen LogP contribution in [0.5, 0.6) is 0 Å². The molecule has 1 aromatic carbocycles. The van der Waals surface area contributed by atoms with Crippen LogP contribution in [0.25, 0.3) is 0 Å². The summed E-state index contributed by atoms with van der Waals surface area (Å²) < 4.78 is 70.8. The van der Waals surface area contributed by atoms with E-state index < -0.39 is 47.5 Å². The zero-order chi connectivity index (χ0) is 26.3. The lowest BCUT2D eigenvalue weighted by Crippen LogP contribution is -2.65. The first-order chi connectivity index (χ1) is 16.7. The van der Waals surface area contributed by atoms with Gasteiger partial charge in [-0.1, -0.05) is 36.8 Å². The van der Waals surface area contributed by atoms with E-state index in [1.54, 1.807) is 37.3 Å². The fraction of sp³-hybridized carbons (Fsp3) is 0.607. The molecule has 6 atom stereocenters. The van der Waals surface area contributed by atoms with Crippen LogP contribution in [0.15, 0.2) is 47.1 Å². The summed E-state index contributed by atoms with van der Waals surface area (Å²) in [6.45, 7) is 3.04. The van der Waals surface area contributed by atoms with Gasteiger partial charge in [0.2, 0.25) is 0 Å². The lowest BCUT2D eigenvalue weighted by Gasteiger charge is -2.56. The van der Waals surface area contributed by atoms with Crippen molar-refractivity contribution in [3.05, 3.63) is 58.2 Å². The summed E-state index contributed by atoms with van der Waals surface area (Å²) in [4.78, 5) is 12.1. The molecule has 5 rings (SSSR count). The number of allylic oxidation sites excluding steroid dienone is 4. The average Bonchev–Trinajstić information content (AvgIpc) is 3.09. The van der Waals surface area contributed by atoms with Crippen LogP contribution in [0.2, 0.25) is 0 Å². The van der Waals surface area contributed by atoms with E-state index in [0.29, 0.717) is 31.2 Å². The molecule has 2 N–H and O–H groups in total. The summed E-state index contributed by atoms with van der Waals surface area (Å²) in [5, 5.41) is 21.2. The maximum atomic E-state index is 15.0. The van der Waals surface area contributed by atoms with Gasteiger partial charge in [-0.2, -0.15) is 22.0 Å². The van der Waals surface area contributed by atoms with Gasteiger partial charge in [-0.25, -0.2) is 0 Å². The maximum absolute atomic E-state index is 15.0. The molecule has 0 aliphatic heterocycles. The standard InChI is InChI=1S/C28H31F5O3/c1-15(34)16-3-5-17(6-4-16)22-14-25(2)23(11-12-26(25,36)27(29,30)28(31,32)33)21-9-7-18-13-19(35)8-10-20(18)24(21)22/h3-6,13,15,21-23,34,36H,7-12,14H2,1-2H3/t15?,21-,22?,23-,25-,26?/m0/s1. The van der Waals surface area contributed by atoms with E-state index in [1.807, 2.05) is 0 Å². The van der Waals surface area contributed by atoms with Crippen LogP contribution in [-0.2, 0) is 4.79 Å². The fourth-order valence-corrected chi connectivity index (χ4v) is 7.72. The van der Waals surface area contributed by atoms with Crippen LogP contribution in [0, 0.1) is 17.3 Å². The number of carbonyl (C=O) groups is 1. The van der Waals surface area contributed by atoms with Crippen LogP contribution < -0.4 is 0 Å². The first-order valence-corrected chi connectivity index (χ1v) is 12.6. The Morgan fingerprint density at radius 2 is 1.69 bits per heavy atom. The summed E-state index contributed by atoms with van der Waals surface area (Å²) in [7, 11) is 0. The topological polar surface area (TPSA) is 57.5 Å². The first-order valence-electron chi connectivity index (χ1n) is 12.6. The Morgan fingerprint density at radius 1 is 1.03 bits per heavy atom. The minimum Gasteiger partial charge on any atom is -0.389 e. The number of fused-ring (bicyclic) bond motifs is 4. The highest BCUT2D eigenvalue weighted by atomic mass is 19.4. The molecule has 2 saturated carbocycles. The van der Waals surface area contributed by atoms with Crippen molar-refractivity contribution in [2.45, 2.75) is 88.5 Å². The number of halogens is 5. The van der Waals surface area contributed by atoms with Crippen LogP contribution in [-0.4, -0.2) is 33.7 Å². The second-order valence-electron chi connectivity index (χ2n) is 11.3. The second kappa shape index (κ2) is 8.22. The summed E-state index contributed by atoms with van der Waals surface area (Å²) in [6.07, 6.45) is -3.49. The van der Waals surface area contributed by atoms with Gasteiger partial charge in [0.25, 0.3) is 0 Å². The van der Waals surface area contributed by atoms with Crippen molar-refractivity contribution in [1.29, 1.82) is 0 Å². The Morgan fingerprint density at radius 3 is 2.31 bits per heavy atom. The van der Waals surface area contributed by atoms with E-state index >= 15 is 0 Å². The molecule has 0 saturated heterocycles.